The van der Waals surface area contributed by atoms with E-state index in [0.29, 0.717) is 0 Å². The number of ether oxygens (including phenoxy) is 1. The van der Waals surface area contributed by atoms with E-state index in [-0.39, 0.29) is 10.6 Å². The maximum absolute atomic E-state index is 14.7. The minimum atomic E-state index is -4.37. The molecule has 0 saturated carbocycles. The van der Waals surface area contributed by atoms with Gasteiger partial charge in [0.2, 0.25) is 15.7 Å². The number of aromatic nitrogens is 2. The number of nitrogens with zero attached hydrogens (tertiary/aromatic N) is 1. The first kappa shape index (κ1) is 18.3. The molecule has 1 heterocycles. The van der Waals surface area contributed by atoms with Gasteiger partial charge in [-0.1, -0.05) is 36.4 Å². The zero-order valence-electron chi connectivity index (χ0n) is 13.5. The highest BCUT2D eigenvalue weighted by atomic mass is 32.2. The number of halogens is 1. The van der Waals surface area contributed by atoms with Crippen LogP contribution < -0.4 is 15.7 Å². The average molecular weight is 389 g/mol. The normalized spacial score (nSPS) is 11.0. The molecule has 0 aliphatic rings. The Bertz CT molecular complexity index is 1130. The highest BCUT2D eigenvalue weighted by Crippen LogP contribution is 2.23. The molecular weight excluding hydrogens is 377 g/mol. The first-order valence-corrected chi connectivity index (χ1v) is 9.00. The van der Waals surface area contributed by atoms with Crippen LogP contribution in [0.1, 0.15) is 0 Å². The first-order valence-electron chi connectivity index (χ1n) is 7.52. The van der Waals surface area contributed by atoms with Gasteiger partial charge in [-0.05, 0) is 24.3 Å². The van der Waals surface area contributed by atoms with Crippen LogP contribution in [0.25, 0.3) is 0 Å². The number of carbonyl (C=O) groups excluding carboxylic acids is 1. The monoisotopic (exact) mass is 389 g/mol. The standard InChI is InChI=1S/C17H12FN3O5S/c18-13-14(20-17(23)26-11-7-3-1-4-8-11)19-16(22)21-15(13)27(24,25)12-9-5-2-6-10-12/h1-10H,(H2,19,20,21,22,23). The van der Waals surface area contributed by atoms with Crippen molar-refractivity contribution in [3.05, 3.63) is 77.0 Å². The fourth-order valence-electron chi connectivity index (χ4n) is 2.14. The molecule has 2 aromatic carbocycles. The van der Waals surface area contributed by atoms with Crippen molar-refractivity contribution in [2.24, 2.45) is 0 Å². The first-order chi connectivity index (χ1) is 12.9. The largest absolute Gasteiger partial charge is 0.418 e. The van der Waals surface area contributed by atoms with Gasteiger partial charge in [-0.3, -0.25) is 10.3 Å². The Morgan fingerprint density at radius 2 is 1.63 bits per heavy atom. The van der Waals surface area contributed by atoms with Crippen molar-refractivity contribution >= 4 is 21.7 Å². The summed E-state index contributed by atoms with van der Waals surface area (Å²) in [6.45, 7) is 0. The molecule has 1 aromatic heterocycles. The molecule has 0 aliphatic carbocycles. The predicted octanol–water partition coefficient (Wildman–Crippen LogP) is 2.35. The molecule has 0 spiro atoms. The molecule has 27 heavy (non-hydrogen) atoms. The molecule has 3 rings (SSSR count). The maximum atomic E-state index is 14.7. The molecule has 2 N–H and O–H groups in total. The van der Waals surface area contributed by atoms with Gasteiger partial charge in [0.05, 0.1) is 4.90 Å². The number of H-pyrrole nitrogens is 1. The van der Waals surface area contributed by atoms with Crippen LogP contribution in [0, 0.1) is 5.82 Å². The second-order valence-electron chi connectivity index (χ2n) is 5.18. The summed E-state index contributed by atoms with van der Waals surface area (Å²) in [4.78, 5) is 28.4. The topological polar surface area (TPSA) is 118 Å². The van der Waals surface area contributed by atoms with E-state index in [2.05, 4.69) is 4.98 Å². The molecule has 0 aliphatic heterocycles. The lowest BCUT2D eigenvalue weighted by atomic mass is 10.3. The van der Waals surface area contributed by atoms with Crippen molar-refractivity contribution in [3.63, 3.8) is 0 Å². The SMILES string of the molecule is O=C(Nc1nc(=O)[nH]c(S(=O)(=O)c2ccccc2)c1F)Oc1ccccc1. The lowest BCUT2D eigenvalue weighted by molar-refractivity contribution is 0.215. The Hall–Kier alpha value is -3.53. The average Bonchev–Trinajstić information content (AvgIpc) is 2.65. The Kier molecular flexibility index (Phi) is 4.99. The summed E-state index contributed by atoms with van der Waals surface area (Å²) in [5.41, 5.74) is -1.15. The molecule has 0 radical (unpaired) electrons. The summed E-state index contributed by atoms with van der Waals surface area (Å²) in [7, 11) is -4.37. The van der Waals surface area contributed by atoms with Gasteiger partial charge >= 0.3 is 11.8 Å². The molecule has 3 aromatic rings. The molecular formula is C17H12FN3O5S. The fraction of sp³-hybridized carbons (Fsp3) is 0. The van der Waals surface area contributed by atoms with Crippen LogP contribution in [0.3, 0.4) is 0 Å². The smallest absolute Gasteiger partial charge is 0.410 e. The fourth-order valence-corrected chi connectivity index (χ4v) is 3.45. The number of hydrogen-bond acceptors (Lipinski definition) is 6. The molecule has 0 unspecified atom stereocenters. The number of rotatable bonds is 4. The van der Waals surface area contributed by atoms with E-state index in [1.165, 1.54) is 36.4 Å². The van der Waals surface area contributed by atoms with Crippen LogP contribution in [0.15, 0.2) is 75.4 Å². The summed E-state index contributed by atoms with van der Waals surface area (Å²) in [6, 6.07) is 14.8. The van der Waals surface area contributed by atoms with Crippen LogP contribution in [0.2, 0.25) is 0 Å². The molecule has 0 atom stereocenters. The highest BCUT2D eigenvalue weighted by Gasteiger charge is 2.27. The van der Waals surface area contributed by atoms with E-state index in [4.69, 9.17) is 4.74 Å². The quantitative estimate of drug-likeness (QED) is 0.661. The van der Waals surface area contributed by atoms with Crippen molar-refractivity contribution in [2.75, 3.05) is 5.32 Å². The van der Waals surface area contributed by atoms with Gasteiger partial charge in [-0.25, -0.2) is 18.0 Å². The molecule has 0 bridgehead atoms. The summed E-state index contributed by atoms with van der Waals surface area (Å²) in [5, 5.41) is 0.921. The summed E-state index contributed by atoms with van der Waals surface area (Å²) in [5.74, 6) is -2.12. The second kappa shape index (κ2) is 7.38. The zero-order chi connectivity index (χ0) is 19.4. The van der Waals surface area contributed by atoms with Gasteiger partial charge in [0.15, 0.2) is 10.8 Å². The number of hydrogen-bond donors (Lipinski definition) is 2. The van der Waals surface area contributed by atoms with E-state index in [1.807, 2.05) is 10.3 Å². The van der Waals surface area contributed by atoms with Crippen LogP contribution in [-0.4, -0.2) is 24.5 Å². The van der Waals surface area contributed by atoms with Crippen LogP contribution in [0.5, 0.6) is 5.75 Å². The number of amides is 1. The number of sulfone groups is 1. The summed E-state index contributed by atoms with van der Waals surface area (Å²) in [6.07, 6.45) is -1.14. The van der Waals surface area contributed by atoms with E-state index in [1.54, 1.807) is 24.3 Å². The Balaban J connectivity index is 1.95. The van der Waals surface area contributed by atoms with Gasteiger partial charge in [-0.15, -0.1) is 0 Å². The number of benzene rings is 2. The molecule has 1 amide bonds. The lowest BCUT2D eigenvalue weighted by Crippen LogP contribution is -2.25. The highest BCUT2D eigenvalue weighted by molar-refractivity contribution is 7.91. The molecule has 0 fully saturated rings. The Morgan fingerprint density at radius 1 is 1.04 bits per heavy atom. The Labute approximate surface area is 152 Å². The Morgan fingerprint density at radius 3 is 2.26 bits per heavy atom. The molecule has 138 valence electrons. The van der Waals surface area contributed by atoms with Crippen molar-refractivity contribution < 1.29 is 22.3 Å². The maximum Gasteiger partial charge on any atom is 0.418 e. The number of nitrogens with one attached hydrogen (secondary N) is 2. The molecule has 8 nitrogen and oxygen atoms in total. The van der Waals surface area contributed by atoms with E-state index < -0.39 is 38.3 Å². The predicted molar refractivity (Wildman–Crippen MR) is 92.8 cm³/mol. The van der Waals surface area contributed by atoms with Gasteiger partial charge in [-0.2, -0.15) is 9.37 Å². The summed E-state index contributed by atoms with van der Waals surface area (Å²) < 4.78 is 44.7. The number of carbonyl (C=O) groups is 1. The molecule has 0 saturated heterocycles. The third-order valence-corrected chi connectivity index (χ3v) is 5.05. The third kappa shape index (κ3) is 4.01. The van der Waals surface area contributed by atoms with Crippen LogP contribution >= 0.6 is 0 Å². The molecule has 10 heteroatoms. The van der Waals surface area contributed by atoms with Crippen LogP contribution in [0.4, 0.5) is 15.0 Å². The second-order valence-corrected chi connectivity index (χ2v) is 7.06. The number of aromatic amines is 1. The minimum absolute atomic E-state index is 0.164. The van der Waals surface area contributed by atoms with Crippen LogP contribution in [-0.2, 0) is 9.84 Å². The number of anilines is 1. The van der Waals surface area contributed by atoms with Crippen molar-refractivity contribution in [1.82, 2.24) is 9.97 Å². The van der Waals surface area contributed by atoms with E-state index in [9.17, 15) is 22.4 Å². The van der Waals surface area contributed by atoms with E-state index in [0.717, 1.165) is 0 Å². The minimum Gasteiger partial charge on any atom is -0.410 e. The summed E-state index contributed by atoms with van der Waals surface area (Å²) >= 11 is 0. The zero-order valence-corrected chi connectivity index (χ0v) is 14.4. The van der Waals surface area contributed by atoms with Crippen molar-refractivity contribution in [2.45, 2.75) is 9.92 Å². The van der Waals surface area contributed by atoms with Gasteiger partial charge in [0.25, 0.3) is 0 Å². The van der Waals surface area contributed by atoms with Crippen molar-refractivity contribution in [3.8, 4) is 5.75 Å². The van der Waals surface area contributed by atoms with E-state index >= 15 is 0 Å². The van der Waals surface area contributed by atoms with Gasteiger partial charge in [0, 0.05) is 0 Å². The van der Waals surface area contributed by atoms with Gasteiger partial charge < -0.3 is 4.74 Å². The van der Waals surface area contributed by atoms with Gasteiger partial charge in [0.1, 0.15) is 5.75 Å². The number of para-hydroxylation sites is 1. The lowest BCUT2D eigenvalue weighted by Gasteiger charge is -2.09. The van der Waals surface area contributed by atoms with Crippen molar-refractivity contribution in [1.29, 1.82) is 0 Å². The third-order valence-electron chi connectivity index (χ3n) is 3.34.